The minimum Gasteiger partial charge on any atom is -0.348 e. The third-order valence-electron chi connectivity index (χ3n) is 5.35. The summed E-state index contributed by atoms with van der Waals surface area (Å²) in [5, 5.41) is 2.72. The first-order valence-corrected chi connectivity index (χ1v) is 11.5. The van der Waals surface area contributed by atoms with E-state index in [0.29, 0.717) is 30.2 Å². The Balaban J connectivity index is 1.46. The van der Waals surface area contributed by atoms with E-state index in [1.54, 1.807) is 48.1 Å². The van der Waals surface area contributed by atoms with Gasteiger partial charge in [0.25, 0.3) is 5.91 Å². The van der Waals surface area contributed by atoms with Gasteiger partial charge in [0.15, 0.2) is 0 Å². The first-order chi connectivity index (χ1) is 14.9. The van der Waals surface area contributed by atoms with Crippen LogP contribution >= 0.6 is 0 Å². The maximum atomic E-state index is 14.5. The van der Waals surface area contributed by atoms with Crippen molar-refractivity contribution in [1.29, 1.82) is 0 Å². The number of benzene rings is 2. The van der Waals surface area contributed by atoms with Gasteiger partial charge < -0.3 is 9.88 Å². The van der Waals surface area contributed by atoms with Crippen molar-refractivity contribution in [3.05, 3.63) is 77.6 Å². The fourth-order valence-corrected chi connectivity index (χ4v) is 5.21. The molecule has 1 aliphatic heterocycles. The summed E-state index contributed by atoms with van der Waals surface area (Å²) in [4.78, 5) is 16.8. The first kappa shape index (κ1) is 21.2. The van der Waals surface area contributed by atoms with Crippen LogP contribution in [0, 0.1) is 12.7 Å². The number of rotatable bonds is 6. The van der Waals surface area contributed by atoms with Gasteiger partial charge in [0, 0.05) is 37.6 Å². The number of amides is 1. The van der Waals surface area contributed by atoms with Gasteiger partial charge in [-0.15, -0.1) is 0 Å². The predicted molar refractivity (Wildman–Crippen MR) is 114 cm³/mol. The number of aromatic nitrogens is 2. The molecule has 7 nitrogen and oxygen atoms in total. The Morgan fingerprint density at radius 1 is 1.16 bits per heavy atom. The second kappa shape index (κ2) is 8.60. The molecule has 0 spiro atoms. The first-order valence-electron chi connectivity index (χ1n) is 10.0. The topological polar surface area (TPSA) is 84.3 Å². The average Bonchev–Trinajstić information content (AvgIpc) is 3.45. The van der Waals surface area contributed by atoms with Gasteiger partial charge in [0.2, 0.25) is 10.0 Å². The number of aryl methyl sites for hydroxylation is 1. The van der Waals surface area contributed by atoms with Crippen molar-refractivity contribution in [3.63, 3.8) is 0 Å². The number of nitrogens with one attached hydrogen (secondary N) is 1. The molecule has 4 rings (SSSR count). The molecule has 0 bridgehead atoms. The summed E-state index contributed by atoms with van der Waals surface area (Å²) in [7, 11) is -3.60. The van der Waals surface area contributed by atoms with Crippen LogP contribution in [-0.4, -0.2) is 41.3 Å². The van der Waals surface area contributed by atoms with Crippen molar-refractivity contribution in [3.8, 4) is 5.69 Å². The molecular weight excluding hydrogens is 419 g/mol. The number of carbonyl (C=O) groups is 1. The highest BCUT2D eigenvalue weighted by Crippen LogP contribution is 2.22. The number of hydrogen-bond acceptors (Lipinski definition) is 4. The quantitative estimate of drug-likeness (QED) is 0.636. The van der Waals surface area contributed by atoms with E-state index in [9.17, 15) is 17.6 Å². The lowest BCUT2D eigenvalue weighted by molar-refractivity contribution is 0.0950. The Morgan fingerprint density at radius 3 is 2.61 bits per heavy atom. The number of carbonyl (C=O) groups excluding carboxylic acids is 1. The largest absolute Gasteiger partial charge is 0.348 e. The van der Waals surface area contributed by atoms with Crippen molar-refractivity contribution in [2.45, 2.75) is 31.2 Å². The molecule has 3 aromatic rings. The van der Waals surface area contributed by atoms with Crippen molar-refractivity contribution in [2.24, 2.45) is 0 Å². The van der Waals surface area contributed by atoms with Crippen LogP contribution in [-0.2, 0) is 16.6 Å². The lowest BCUT2D eigenvalue weighted by Gasteiger charge is -2.16. The summed E-state index contributed by atoms with van der Waals surface area (Å²) < 4.78 is 43.1. The Labute approximate surface area is 180 Å². The molecule has 1 N–H and O–H groups in total. The molecule has 0 unspecified atom stereocenters. The molecule has 2 heterocycles. The maximum Gasteiger partial charge on any atom is 0.251 e. The van der Waals surface area contributed by atoms with Gasteiger partial charge in [0.05, 0.1) is 10.6 Å². The SMILES string of the molecule is Cc1nccn1-c1ccc(CNC(=O)c2cccc(S(=O)(=O)N3CCCC3)c2)cc1F. The van der Waals surface area contributed by atoms with E-state index < -0.39 is 21.7 Å². The minimum absolute atomic E-state index is 0.105. The van der Waals surface area contributed by atoms with E-state index in [-0.39, 0.29) is 17.0 Å². The zero-order valence-electron chi connectivity index (χ0n) is 17.1. The second-order valence-electron chi connectivity index (χ2n) is 7.45. The lowest BCUT2D eigenvalue weighted by Crippen LogP contribution is -2.28. The van der Waals surface area contributed by atoms with E-state index in [0.717, 1.165) is 12.8 Å². The molecular formula is C22H23FN4O3S. The number of nitrogens with zero attached hydrogens (tertiary/aromatic N) is 3. The lowest BCUT2D eigenvalue weighted by atomic mass is 10.1. The fourth-order valence-electron chi connectivity index (χ4n) is 3.65. The van der Waals surface area contributed by atoms with Crippen LogP contribution in [0.1, 0.15) is 34.6 Å². The number of imidazole rings is 1. The highest BCUT2D eigenvalue weighted by Gasteiger charge is 2.27. The standard InChI is InChI=1S/C22H23FN4O3S/c1-16-24-9-12-27(16)21-8-7-17(13-20(21)23)15-25-22(28)18-5-4-6-19(14-18)31(29,30)26-10-2-3-11-26/h4-9,12-14H,2-3,10-11,15H2,1H3,(H,25,28). The van der Waals surface area contributed by atoms with E-state index in [1.165, 1.54) is 22.5 Å². The molecule has 1 fully saturated rings. The van der Waals surface area contributed by atoms with Crippen molar-refractivity contribution in [2.75, 3.05) is 13.1 Å². The zero-order valence-corrected chi connectivity index (χ0v) is 17.9. The molecule has 9 heteroatoms. The molecule has 1 aliphatic rings. The van der Waals surface area contributed by atoms with Gasteiger partial charge in [-0.1, -0.05) is 12.1 Å². The molecule has 0 atom stereocenters. The molecule has 1 saturated heterocycles. The van der Waals surface area contributed by atoms with Crippen LogP contribution in [0.2, 0.25) is 0 Å². The van der Waals surface area contributed by atoms with Gasteiger partial charge in [-0.2, -0.15) is 4.31 Å². The van der Waals surface area contributed by atoms with Crippen molar-refractivity contribution >= 4 is 15.9 Å². The summed E-state index contributed by atoms with van der Waals surface area (Å²) in [5.74, 6) is -0.177. The second-order valence-corrected chi connectivity index (χ2v) is 9.39. The molecule has 0 saturated carbocycles. The Bertz CT molecular complexity index is 1220. The Kier molecular flexibility index (Phi) is 5.88. The summed E-state index contributed by atoms with van der Waals surface area (Å²) in [6.45, 7) is 2.89. The smallest absolute Gasteiger partial charge is 0.251 e. The number of sulfonamides is 1. The van der Waals surface area contributed by atoms with E-state index in [4.69, 9.17) is 0 Å². The highest BCUT2D eigenvalue weighted by atomic mass is 32.2. The summed E-state index contributed by atoms with van der Waals surface area (Å²) >= 11 is 0. The van der Waals surface area contributed by atoms with E-state index in [1.807, 2.05) is 0 Å². The number of halogens is 1. The summed E-state index contributed by atoms with van der Waals surface area (Å²) in [5.41, 5.74) is 1.21. The summed E-state index contributed by atoms with van der Waals surface area (Å²) in [6, 6.07) is 10.7. The molecule has 2 aromatic carbocycles. The van der Waals surface area contributed by atoms with Gasteiger partial charge in [0.1, 0.15) is 11.6 Å². The number of hydrogen-bond donors (Lipinski definition) is 1. The fraction of sp³-hybridized carbons (Fsp3) is 0.273. The van der Waals surface area contributed by atoms with Crippen LogP contribution in [0.5, 0.6) is 0 Å². The molecule has 31 heavy (non-hydrogen) atoms. The maximum absolute atomic E-state index is 14.5. The minimum atomic E-state index is -3.60. The molecule has 162 valence electrons. The van der Waals surface area contributed by atoms with Gasteiger partial charge in [-0.05, 0) is 55.7 Å². The van der Waals surface area contributed by atoms with Crippen LogP contribution in [0.25, 0.3) is 5.69 Å². The zero-order chi connectivity index (χ0) is 22.0. The van der Waals surface area contributed by atoms with Gasteiger partial charge in [-0.25, -0.2) is 17.8 Å². The normalized spacial score (nSPS) is 14.6. The van der Waals surface area contributed by atoms with Crippen LogP contribution < -0.4 is 5.32 Å². The van der Waals surface area contributed by atoms with Gasteiger partial charge in [-0.3, -0.25) is 4.79 Å². The van der Waals surface area contributed by atoms with Crippen LogP contribution in [0.3, 0.4) is 0 Å². The Hall–Kier alpha value is -3.04. The van der Waals surface area contributed by atoms with Crippen molar-refractivity contribution in [1.82, 2.24) is 19.2 Å². The van der Waals surface area contributed by atoms with Crippen LogP contribution in [0.15, 0.2) is 59.8 Å². The van der Waals surface area contributed by atoms with E-state index >= 15 is 0 Å². The molecule has 1 aromatic heterocycles. The third-order valence-corrected chi connectivity index (χ3v) is 7.24. The Morgan fingerprint density at radius 2 is 1.94 bits per heavy atom. The van der Waals surface area contributed by atoms with Crippen LogP contribution in [0.4, 0.5) is 4.39 Å². The third kappa shape index (κ3) is 4.38. The monoisotopic (exact) mass is 442 g/mol. The van der Waals surface area contributed by atoms with E-state index in [2.05, 4.69) is 10.3 Å². The highest BCUT2D eigenvalue weighted by molar-refractivity contribution is 7.89. The summed E-state index contributed by atoms with van der Waals surface area (Å²) in [6.07, 6.45) is 4.96. The molecule has 0 aliphatic carbocycles. The van der Waals surface area contributed by atoms with Gasteiger partial charge >= 0.3 is 0 Å². The average molecular weight is 443 g/mol. The van der Waals surface area contributed by atoms with Crippen molar-refractivity contribution < 1.29 is 17.6 Å². The molecule has 1 amide bonds. The molecule has 0 radical (unpaired) electrons. The predicted octanol–water partition coefficient (Wildman–Crippen LogP) is 3.03.